The van der Waals surface area contributed by atoms with Gasteiger partial charge in [0.05, 0.1) is 6.61 Å². The van der Waals surface area contributed by atoms with Gasteiger partial charge in [-0.15, -0.1) is 0 Å². The second-order valence-corrected chi connectivity index (χ2v) is 5.16. The maximum atomic E-state index is 5.98. The highest BCUT2D eigenvalue weighted by Crippen LogP contribution is 2.23. The number of hydrogen-bond donors (Lipinski definition) is 1. The summed E-state index contributed by atoms with van der Waals surface area (Å²) in [7, 11) is 0. The third kappa shape index (κ3) is 3.54. The molecule has 2 rings (SSSR count). The van der Waals surface area contributed by atoms with Gasteiger partial charge in [0.1, 0.15) is 5.75 Å². The van der Waals surface area contributed by atoms with Crippen LogP contribution in [0, 0.1) is 13.8 Å². The highest BCUT2D eigenvalue weighted by Gasteiger charge is 2.11. The first-order valence-electron chi connectivity index (χ1n) is 6.57. The van der Waals surface area contributed by atoms with E-state index in [2.05, 4.69) is 56.8 Å². The SMILES string of the molecule is Cc1cccc(OCC(CS)c2ccccc2)c1C. The van der Waals surface area contributed by atoms with Crippen LogP contribution in [0.3, 0.4) is 0 Å². The molecular formula is C17H20OS. The van der Waals surface area contributed by atoms with Crippen molar-refractivity contribution in [2.24, 2.45) is 0 Å². The van der Waals surface area contributed by atoms with Crippen LogP contribution in [0.5, 0.6) is 5.75 Å². The Labute approximate surface area is 121 Å². The van der Waals surface area contributed by atoms with Gasteiger partial charge in [-0.05, 0) is 36.6 Å². The average Bonchev–Trinajstić information content (AvgIpc) is 2.45. The normalized spacial score (nSPS) is 12.2. The van der Waals surface area contributed by atoms with Crippen LogP contribution < -0.4 is 4.74 Å². The lowest BCUT2D eigenvalue weighted by Gasteiger charge is -2.17. The smallest absolute Gasteiger partial charge is 0.122 e. The van der Waals surface area contributed by atoms with Gasteiger partial charge in [-0.1, -0.05) is 42.5 Å². The molecule has 0 saturated carbocycles. The summed E-state index contributed by atoms with van der Waals surface area (Å²) in [4.78, 5) is 0. The quantitative estimate of drug-likeness (QED) is 0.794. The van der Waals surface area contributed by atoms with Gasteiger partial charge in [-0.3, -0.25) is 0 Å². The molecule has 0 radical (unpaired) electrons. The maximum absolute atomic E-state index is 5.98. The second-order valence-electron chi connectivity index (χ2n) is 4.80. The molecule has 2 aromatic rings. The van der Waals surface area contributed by atoms with E-state index in [1.807, 2.05) is 18.2 Å². The van der Waals surface area contributed by atoms with E-state index in [0.717, 1.165) is 11.5 Å². The van der Waals surface area contributed by atoms with Crippen LogP contribution in [0.25, 0.3) is 0 Å². The Morgan fingerprint density at radius 1 is 1.00 bits per heavy atom. The minimum atomic E-state index is 0.324. The molecule has 0 aliphatic rings. The lowest BCUT2D eigenvalue weighted by Crippen LogP contribution is -2.12. The molecule has 0 aromatic heterocycles. The zero-order valence-electron chi connectivity index (χ0n) is 11.5. The van der Waals surface area contributed by atoms with Crippen molar-refractivity contribution >= 4 is 12.6 Å². The van der Waals surface area contributed by atoms with E-state index in [0.29, 0.717) is 12.5 Å². The standard InChI is InChI=1S/C17H20OS/c1-13-7-6-10-17(14(13)2)18-11-16(12-19)15-8-4-3-5-9-15/h3-10,16,19H,11-12H2,1-2H3. The van der Waals surface area contributed by atoms with Crippen LogP contribution in [0.2, 0.25) is 0 Å². The molecule has 0 aliphatic heterocycles. The van der Waals surface area contributed by atoms with E-state index in [4.69, 9.17) is 4.74 Å². The van der Waals surface area contributed by atoms with Gasteiger partial charge < -0.3 is 4.74 Å². The van der Waals surface area contributed by atoms with Crippen LogP contribution >= 0.6 is 12.6 Å². The second kappa shape index (κ2) is 6.67. The highest BCUT2D eigenvalue weighted by molar-refractivity contribution is 7.80. The van der Waals surface area contributed by atoms with Crippen molar-refractivity contribution in [1.82, 2.24) is 0 Å². The lowest BCUT2D eigenvalue weighted by molar-refractivity contribution is 0.295. The molecule has 0 aliphatic carbocycles. The van der Waals surface area contributed by atoms with E-state index in [9.17, 15) is 0 Å². The molecule has 0 N–H and O–H groups in total. The number of ether oxygens (including phenoxy) is 1. The Balaban J connectivity index is 2.06. The van der Waals surface area contributed by atoms with E-state index in [1.54, 1.807) is 0 Å². The van der Waals surface area contributed by atoms with Crippen LogP contribution in [0.1, 0.15) is 22.6 Å². The van der Waals surface area contributed by atoms with Gasteiger partial charge in [-0.2, -0.15) is 12.6 Å². The van der Waals surface area contributed by atoms with Crippen molar-refractivity contribution in [2.75, 3.05) is 12.4 Å². The average molecular weight is 272 g/mol. The van der Waals surface area contributed by atoms with Crippen molar-refractivity contribution in [3.05, 3.63) is 65.2 Å². The minimum absolute atomic E-state index is 0.324. The molecule has 1 unspecified atom stereocenters. The van der Waals surface area contributed by atoms with E-state index < -0.39 is 0 Å². The number of hydrogen-bond acceptors (Lipinski definition) is 2. The number of rotatable bonds is 5. The summed E-state index contributed by atoms with van der Waals surface area (Å²) in [5.74, 6) is 2.08. The predicted octanol–water partition coefficient (Wildman–Crippen LogP) is 4.40. The van der Waals surface area contributed by atoms with Gasteiger partial charge in [-0.25, -0.2) is 0 Å². The van der Waals surface area contributed by atoms with Crippen molar-refractivity contribution in [3.63, 3.8) is 0 Å². The first kappa shape index (κ1) is 14.0. The molecular weight excluding hydrogens is 252 g/mol. The fraction of sp³-hybridized carbons (Fsp3) is 0.294. The fourth-order valence-corrected chi connectivity index (χ4v) is 2.37. The Bertz CT molecular complexity index is 522. The summed E-state index contributed by atoms with van der Waals surface area (Å²) in [6.45, 7) is 4.87. The zero-order valence-corrected chi connectivity index (χ0v) is 12.4. The molecule has 1 atom stereocenters. The zero-order chi connectivity index (χ0) is 13.7. The number of thiol groups is 1. The molecule has 19 heavy (non-hydrogen) atoms. The van der Waals surface area contributed by atoms with Gasteiger partial charge >= 0.3 is 0 Å². The van der Waals surface area contributed by atoms with E-state index in [1.165, 1.54) is 16.7 Å². The van der Waals surface area contributed by atoms with Gasteiger partial charge in [0.25, 0.3) is 0 Å². The van der Waals surface area contributed by atoms with E-state index in [-0.39, 0.29) is 0 Å². The summed E-state index contributed by atoms with van der Waals surface area (Å²) >= 11 is 4.44. The third-order valence-corrected chi connectivity index (χ3v) is 3.93. The number of benzene rings is 2. The van der Waals surface area contributed by atoms with Crippen LogP contribution in [0.15, 0.2) is 48.5 Å². The lowest BCUT2D eigenvalue weighted by atomic mass is 10.0. The Morgan fingerprint density at radius 3 is 2.42 bits per heavy atom. The van der Waals surface area contributed by atoms with Crippen LogP contribution in [-0.2, 0) is 0 Å². The van der Waals surface area contributed by atoms with Gasteiger partial charge in [0.15, 0.2) is 0 Å². The Kier molecular flexibility index (Phi) is 4.92. The maximum Gasteiger partial charge on any atom is 0.122 e. The Morgan fingerprint density at radius 2 is 1.74 bits per heavy atom. The van der Waals surface area contributed by atoms with Crippen LogP contribution in [0.4, 0.5) is 0 Å². The molecule has 2 heteroatoms. The highest BCUT2D eigenvalue weighted by atomic mass is 32.1. The van der Waals surface area contributed by atoms with Crippen LogP contribution in [-0.4, -0.2) is 12.4 Å². The van der Waals surface area contributed by atoms with Gasteiger partial charge in [0.2, 0.25) is 0 Å². The summed E-state index contributed by atoms with van der Waals surface area (Å²) < 4.78 is 5.98. The molecule has 0 bridgehead atoms. The molecule has 100 valence electrons. The first-order chi connectivity index (χ1) is 9.22. The minimum Gasteiger partial charge on any atom is -0.493 e. The molecule has 0 fully saturated rings. The summed E-state index contributed by atoms with van der Waals surface area (Å²) in [5, 5.41) is 0. The summed E-state index contributed by atoms with van der Waals surface area (Å²) in [6.07, 6.45) is 0. The number of aryl methyl sites for hydroxylation is 1. The summed E-state index contributed by atoms with van der Waals surface area (Å²) in [6, 6.07) is 16.6. The molecule has 0 spiro atoms. The topological polar surface area (TPSA) is 9.23 Å². The Hall–Kier alpha value is -1.41. The van der Waals surface area contributed by atoms with E-state index >= 15 is 0 Å². The summed E-state index contributed by atoms with van der Waals surface area (Å²) in [5.41, 5.74) is 3.76. The van der Waals surface area contributed by atoms with Crippen molar-refractivity contribution in [2.45, 2.75) is 19.8 Å². The fourth-order valence-electron chi connectivity index (χ4n) is 2.05. The molecule has 1 nitrogen and oxygen atoms in total. The molecule has 0 heterocycles. The van der Waals surface area contributed by atoms with Gasteiger partial charge in [0, 0.05) is 11.7 Å². The third-order valence-electron chi connectivity index (χ3n) is 3.49. The predicted molar refractivity (Wildman–Crippen MR) is 84.4 cm³/mol. The monoisotopic (exact) mass is 272 g/mol. The molecule has 2 aromatic carbocycles. The van der Waals surface area contributed by atoms with Crippen molar-refractivity contribution in [1.29, 1.82) is 0 Å². The molecule has 0 amide bonds. The van der Waals surface area contributed by atoms with Crippen molar-refractivity contribution in [3.8, 4) is 5.75 Å². The molecule has 0 saturated heterocycles. The van der Waals surface area contributed by atoms with Crippen molar-refractivity contribution < 1.29 is 4.74 Å². The largest absolute Gasteiger partial charge is 0.493 e. The first-order valence-corrected chi connectivity index (χ1v) is 7.20.